The zero-order valence-electron chi connectivity index (χ0n) is 10.5. The standard InChI is InChI=1S/C14H11Cl2N3O/c15-12-5-4-11(13(16)8-12)9-17-18-14(20)10-19-6-2-1-3-7-19/h1-9H,10H2/p+1/b17-9+. The second-order valence-corrected chi connectivity index (χ2v) is 4.85. The fourth-order valence-electron chi connectivity index (χ4n) is 1.52. The summed E-state index contributed by atoms with van der Waals surface area (Å²) in [5.41, 5.74) is 3.12. The first-order valence-corrected chi connectivity index (χ1v) is 6.62. The van der Waals surface area contributed by atoms with Crippen LogP contribution in [-0.2, 0) is 11.3 Å². The minimum absolute atomic E-state index is 0.201. The molecule has 0 aliphatic heterocycles. The Morgan fingerprint density at radius 2 is 2.00 bits per heavy atom. The van der Waals surface area contributed by atoms with Crippen LogP contribution in [0.3, 0.4) is 0 Å². The highest BCUT2D eigenvalue weighted by molar-refractivity contribution is 6.36. The number of hydrogen-bond donors (Lipinski definition) is 1. The van der Waals surface area contributed by atoms with E-state index in [0.29, 0.717) is 15.6 Å². The van der Waals surface area contributed by atoms with Gasteiger partial charge in [0.25, 0.3) is 0 Å². The Morgan fingerprint density at radius 3 is 2.70 bits per heavy atom. The van der Waals surface area contributed by atoms with Gasteiger partial charge in [0.2, 0.25) is 6.54 Å². The first kappa shape index (κ1) is 14.5. The van der Waals surface area contributed by atoms with Crippen molar-refractivity contribution in [2.75, 3.05) is 0 Å². The lowest BCUT2D eigenvalue weighted by Crippen LogP contribution is -2.40. The van der Waals surface area contributed by atoms with Crippen molar-refractivity contribution < 1.29 is 9.36 Å². The van der Waals surface area contributed by atoms with Crippen molar-refractivity contribution in [1.82, 2.24) is 5.43 Å². The second-order valence-electron chi connectivity index (χ2n) is 4.01. The number of amides is 1. The highest BCUT2D eigenvalue weighted by Gasteiger charge is 2.06. The van der Waals surface area contributed by atoms with Gasteiger partial charge < -0.3 is 0 Å². The first-order chi connectivity index (χ1) is 9.65. The smallest absolute Gasteiger partial charge is 0.266 e. The Morgan fingerprint density at radius 1 is 1.25 bits per heavy atom. The molecule has 0 saturated carbocycles. The van der Waals surface area contributed by atoms with E-state index in [1.165, 1.54) is 6.21 Å². The predicted molar refractivity (Wildman–Crippen MR) is 78.8 cm³/mol. The Bertz CT molecular complexity index is 630. The van der Waals surface area contributed by atoms with Gasteiger partial charge in [0.05, 0.1) is 11.2 Å². The van der Waals surface area contributed by atoms with Crippen LogP contribution in [0.25, 0.3) is 0 Å². The summed E-state index contributed by atoms with van der Waals surface area (Å²) in [5, 5.41) is 4.89. The van der Waals surface area contributed by atoms with E-state index in [9.17, 15) is 4.79 Å². The summed E-state index contributed by atoms with van der Waals surface area (Å²) in [7, 11) is 0. The highest BCUT2D eigenvalue weighted by Crippen LogP contribution is 2.19. The molecule has 20 heavy (non-hydrogen) atoms. The summed E-state index contributed by atoms with van der Waals surface area (Å²) in [6.45, 7) is 0.201. The summed E-state index contributed by atoms with van der Waals surface area (Å²) in [4.78, 5) is 11.6. The van der Waals surface area contributed by atoms with E-state index in [2.05, 4.69) is 10.5 Å². The topological polar surface area (TPSA) is 45.3 Å². The molecule has 0 unspecified atom stereocenters. The van der Waals surface area contributed by atoms with Gasteiger partial charge in [0.1, 0.15) is 0 Å². The van der Waals surface area contributed by atoms with Crippen molar-refractivity contribution in [2.24, 2.45) is 5.10 Å². The molecule has 6 heteroatoms. The van der Waals surface area contributed by atoms with E-state index in [1.807, 2.05) is 18.2 Å². The van der Waals surface area contributed by atoms with Crippen LogP contribution in [0, 0.1) is 0 Å². The number of halogens is 2. The highest BCUT2D eigenvalue weighted by atomic mass is 35.5. The lowest BCUT2D eigenvalue weighted by molar-refractivity contribution is -0.684. The third kappa shape index (κ3) is 4.33. The number of hydrazone groups is 1. The zero-order valence-corrected chi connectivity index (χ0v) is 12.0. The van der Waals surface area contributed by atoms with Gasteiger partial charge in [-0.3, -0.25) is 4.79 Å². The molecule has 102 valence electrons. The van der Waals surface area contributed by atoms with Gasteiger partial charge in [-0.05, 0) is 12.1 Å². The lowest BCUT2D eigenvalue weighted by Gasteiger charge is -1.99. The fourth-order valence-corrected chi connectivity index (χ4v) is 1.98. The molecule has 0 spiro atoms. The average Bonchev–Trinajstić information content (AvgIpc) is 2.42. The maximum Gasteiger partial charge on any atom is 0.305 e. The summed E-state index contributed by atoms with van der Waals surface area (Å²) < 4.78 is 1.75. The molecule has 0 radical (unpaired) electrons. The number of aromatic nitrogens is 1. The minimum Gasteiger partial charge on any atom is -0.266 e. The largest absolute Gasteiger partial charge is 0.305 e. The maximum absolute atomic E-state index is 11.6. The van der Waals surface area contributed by atoms with Crippen LogP contribution in [0.5, 0.6) is 0 Å². The molecule has 1 aromatic heterocycles. The van der Waals surface area contributed by atoms with Crippen molar-refractivity contribution >= 4 is 35.3 Å². The summed E-state index contributed by atoms with van der Waals surface area (Å²) in [5.74, 6) is -0.220. The number of hydrogen-bond acceptors (Lipinski definition) is 2. The van der Waals surface area contributed by atoms with Gasteiger partial charge in [0.15, 0.2) is 12.4 Å². The molecule has 0 bridgehead atoms. The second kappa shape index (κ2) is 7.03. The molecule has 0 aliphatic carbocycles. The van der Waals surface area contributed by atoms with Crippen molar-refractivity contribution in [2.45, 2.75) is 6.54 Å². The van der Waals surface area contributed by atoms with Crippen LogP contribution in [0.2, 0.25) is 10.0 Å². The predicted octanol–water partition coefficient (Wildman–Crippen LogP) is 2.43. The zero-order chi connectivity index (χ0) is 14.4. The Balaban J connectivity index is 1.91. The SMILES string of the molecule is O=C(C[n+]1ccccc1)N/N=C/c1ccc(Cl)cc1Cl. The molecule has 1 aromatic carbocycles. The summed E-state index contributed by atoms with van der Waals surface area (Å²) in [6.07, 6.45) is 5.09. The average molecular weight is 309 g/mol. The molecule has 0 aliphatic rings. The van der Waals surface area contributed by atoms with Crippen molar-refractivity contribution in [3.05, 3.63) is 64.4 Å². The molecule has 2 rings (SSSR count). The summed E-state index contributed by atoms with van der Waals surface area (Å²) >= 11 is 11.8. The van der Waals surface area contributed by atoms with Crippen LogP contribution >= 0.6 is 23.2 Å². The number of pyridine rings is 1. The van der Waals surface area contributed by atoms with E-state index >= 15 is 0 Å². The number of nitrogens with one attached hydrogen (secondary N) is 1. The van der Waals surface area contributed by atoms with Crippen molar-refractivity contribution in [3.8, 4) is 0 Å². The van der Waals surface area contributed by atoms with Crippen LogP contribution < -0.4 is 9.99 Å². The first-order valence-electron chi connectivity index (χ1n) is 5.86. The van der Waals surface area contributed by atoms with Crippen LogP contribution in [-0.4, -0.2) is 12.1 Å². The molecular weight excluding hydrogens is 297 g/mol. The molecular formula is C14H12Cl2N3O+. The Kier molecular flexibility index (Phi) is 5.09. The van der Waals surface area contributed by atoms with Gasteiger partial charge in [-0.25, -0.2) is 5.43 Å². The minimum atomic E-state index is -0.220. The van der Waals surface area contributed by atoms with Gasteiger partial charge in [-0.2, -0.15) is 9.67 Å². The van der Waals surface area contributed by atoms with E-state index in [1.54, 1.807) is 35.2 Å². The number of carbonyl (C=O) groups excluding carboxylic acids is 1. The van der Waals surface area contributed by atoms with E-state index in [4.69, 9.17) is 23.2 Å². The lowest BCUT2D eigenvalue weighted by atomic mass is 10.2. The number of carbonyl (C=O) groups is 1. The van der Waals surface area contributed by atoms with Crippen molar-refractivity contribution in [1.29, 1.82) is 0 Å². The molecule has 2 aromatic rings. The Labute approximate surface area is 126 Å². The van der Waals surface area contributed by atoms with Crippen LogP contribution in [0.1, 0.15) is 5.56 Å². The third-order valence-corrected chi connectivity index (χ3v) is 3.02. The molecule has 0 saturated heterocycles. The number of benzene rings is 1. The van der Waals surface area contributed by atoms with Gasteiger partial charge in [-0.1, -0.05) is 35.3 Å². The van der Waals surface area contributed by atoms with Crippen LogP contribution in [0.4, 0.5) is 0 Å². The Hall–Kier alpha value is -1.91. The molecule has 0 atom stereocenters. The normalized spacial score (nSPS) is 10.7. The summed E-state index contributed by atoms with van der Waals surface area (Å²) in [6, 6.07) is 10.6. The number of nitrogens with zero attached hydrogens (tertiary/aromatic N) is 2. The van der Waals surface area contributed by atoms with Crippen molar-refractivity contribution in [3.63, 3.8) is 0 Å². The van der Waals surface area contributed by atoms with Gasteiger partial charge >= 0.3 is 5.91 Å². The maximum atomic E-state index is 11.6. The number of rotatable bonds is 4. The van der Waals surface area contributed by atoms with Crippen LogP contribution in [0.15, 0.2) is 53.9 Å². The van der Waals surface area contributed by atoms with E-state index in [0.717, 1.165) is 0 Å². The van der Waals surface area contributed by atoms with E-state index in [-0.39, 0.29) is 12.5 Å². The third-order valence-electron chi connectivity index (χ3n) is 2.46. The molecule has 1 N–H and O–H groups in total. The fraction of sp³-hybridized carbons (Fsp3) is 0.0714. The molecule has 1 heterocycles. The van der Waals surface area contributed by atoms with E-state index < -0.39 is 0 Å². The monoisotopic (exact) mass is 308 g/mol. The quantitative estimate of drug-likeness (QED) is 0.526. The molecule has 0 fully saturated rings. The van der Waals surface area contributed by atoms with Gasteiger partial charge in [-0.15, -0.1) is 0 Å². The molecule has 4 nitrogen and oxygen atoms in total. The molecule has 1 amide bonds. The van der Waals surface area contributed by atoms with Gasteiger partial charge in [0, 0.05) is 22.7 Å².